The van der Waals surface area contributed by atoms with Crippen molar-refractivity contribution in [2.45, 2.75) is 45.4 Å². The first-order valence-electron chi connectivity index (χ1n) is 9.37. The molecule has 0 bridgehead atoms. The van der Waals surface area contributed by atoms with E-state index in [-0.39, 0.29) is 22.9 Å². The minimum absolute atomic E-state index is 0.00891. The Bertz CT molecular complexity index is 871. The van der Waals surface area contributed by atoms with Gasteiger partial charge in [-0.3, -0.25) is 15.0 Å². The van der Waals surface area contributed by atoms with Crippen molar-refractivity contribution in [1.82, 2.24) is 4.90 Å². The second kappa shape index (κ2) is 9.17. The van der Waals surface area contributed by atoms with Crippen LogP contribution in [0.5, 0.6) is 0 Å². The molecule has 0 aliphatic carbocycles. The molecule has 2 aromatic carbocycles. The molecule has 0 radical (unpaired) electrons. The summed E-state index contributed by atoms with van der Waals surface area (Å²) in [6.07, 6.45) is 3.68. The summed E-state index contributed by atoms with van der Waals surface area (Å²) < 4.78 is 5.44. The third-order valence-electron chi connectivity index (χ3n) is 5.17. The molecule has 0 saturated carbocycles. The maximum absolute atomic E-state index is 12.4. The van der Waals surface area contributed by atoms with Gasteiger partial charge in [0.25, 0.3) is 5.69 Å². The molecule has 1 aliphatic heterocycles. The summed E-state index contributed by atoms with van der Waals surface area (Å²) in [4.78, 5) is 25.1. The van der Waals surface area contributed by atoms with Crippen LogP contribution in [0, 0.1) is 10.1 Å². The predicted molar refractivity (Wildman–Crippen MR) is 107 cm³/mol. The molecule has 1 fully saturated rings. The molecule has 0 unspecified atom stereocenters. The van der Waals surface area contributed by atoms with Gasteiger partial charge in [-0.1, -0.05) is 42.3 Å². The van der Waals surface area contributed by atoms with Gasteiger partial charge in [-0.15, -0.1) is 0 Å². The number of hydrogen-bond donors (Lipinski definition) is 0. The third kappa shape index (κ3) is 4.88. The summed E-state index contributed by atoms with van der Waals surface area (Å²) in [5.41, 5.74) is 2.04. The summed E-state index contributed by atoms with van der Waals surface area (Å²) in [6.45, 7) is 4.28. The molecule has 0 aromatic heterocycles. The summed E-state index contributed by atoms with van der Waals surface area (Å²) in [5.74, 6) is -0.596. The average Bonchev–Trinajstić information content (AvgIpc) is 2.68. The molecule has 0 spiro atoms. The Morgan fingerprint density at radius 2 is 2.00 bits per heavy atom. The minimum atomic E-state index is -0.596. The first-order valence-corrected chi connectivity index (χ1v) is 9.75. The fourth-order valence-corrected chi connectivity index (χ4v) is 3.72. The SMILES string of the molecule is C[C@H]1CCCCN1Cc1ccccc1COC(=O)c1ccc([N+](=O)[O-])cc1Cl. The van der Waals surface area contributed by atoms with E-state index in [2.05, 4.69) is 17.9 Å². The lowest BCUT2D eigenvalue weighted by Crippen LogP contribution is -2.37. The molecule has 1 aliphatic rings. The highest BCUT2D eigenvalue weighted by Crippen LogP contribution is 2.24. The molecule has 2 aromatic rings. The van der Waals surface area contributed by atoms with Crippen molar-refractivity contribution in [2.24, 2.45) is 0 Å². The van der Waals surface area contributed by atoms with E-state index in [1.807, 2.05) is 18.2 Å². The lowest BCUT2D eigenvalue weighted by molar-refractivity contribution is -0.384. The van der Waals surface area contributed by atoms with Gasteiger partial charge < -0.3 is 4.74 Å². The number of nitro groups is 1. The highest BCUT2D eigenvalue weighted by molar-refractivity contribution is 6.33. The lowest BCUT2D eigenvalue weighted by atomic mass is 10.0. The molecule has 1 atom stereocenters. The van der Waals surface area contributed by atoms with E-state index in [0.717, 1.165) is 30.3 Å². The number of nitrogens with zero attached hydrogens (tertiary/aromatic N) is 2. The van der Waals surface area contributed by atoms with Crippen LogP contribution in [0.15, 0.2) is 42.5 Å². The van der Waals surface area contributed by atoms with Crippen molar-refractivity contribution in [2.75, 3.05) is 6.54 Å². The molecule has 0 N–H and O–H groups in total. The Kier molecular flexibility index (Phi) is 6.65. The van der Waals surface area contributed by atoms with Crippen molar-refractivity contribution in [3.8, 4) is 0 Å². The number of hydrogen-bond acceptors (Lipinski definition) is 5. The second-order valence-corrected chi connectivity index (χ2v) is 7.49. The van der Waals surface area contributed by atoms with Crippen molar-refractivity contribution in [3.63, 3.8) is 0 Å². The molecule has 6 nitrogen and oxygen atoms in total. The van der Waals surface area contributed by atoms with Gasteiger partial charge in [0.15, 0.2) is 0 Å². The van der Waals surface area contributed by atoms with Crippen LogP contribution in [0.2, 0.25) is 5.02 Å². The van der Waals surface area contributed by atoms with Crippen molar-refractivity contribution >= 4 is 23.3 Å². The first-order chi connectivity index (χ1) is 13.5. The van der Waals surface area contributed by atoms with Gasteiger partial charge >= 0.3 is 5.97 Å². The first kappa shape index (κ1) is 20.3. The summed E-state index contributed by atoms with van der Waals surface area (Å²) >= 11 is 6.01. The van der Waals surface area contributed by atoms with Crippen molar-refractivity contribution in [1.29, 1.82) is 0 Å². The van der Waals surface area contributed by atoms with Gasteiger partial charge in [0.1, 0.15) is 6.61 Å². The van der Waals surface area contributed by atoms with Crippen LogP contribution in [0.25, 0.3) is 0 Å². The molecule has 3 rings (SSSR count). The Labute approximate surface area is 169 Å². The summed E-state index contributed by atoms with van der Waals surface area (Å²) in [7, 11) is 0. The lowest BCUT2D eigenvalue weighted by Gasteiger charge is -2.33. The number of ether oxygens (including phenoxy) is 1. The highest BCUT2D eigenvalue weighted by Gasteiger charge is 2.20. The third-order valence-corrected chi connectivity index (χ3v) is 5.49. The number of benzene rings is 2. The van der Waals surface area contributed by atoms with Crippen LogP contribution < -0.4 is 0 Å². The Hall–Kier alpha value is -2.44. The molecule has 28 heavy (non-hydrogen) atoms. The number of esters is 1. The molecular weight excluding hydrogens is 380 g/mol. The van der Waals surface area contributed by atoms with E-state index in [1.165, 1.54) is 31.4 Å². The second-order valence-electron chi connectivity index (χ2n) is 7.08. The van der Waals surface area contributed by atoms with Crippen LogP contribution in [-0.4, -0.2) is 28.4 Å². The van der Waals surface area contributed by atoms with Crippen LogP contribution in [0.1, 0.15) is 47.7 Å². The Morgan fingerprint density at radius 3 is 2.68 bits per heavy atom. The highest BCUT2D eigenvalue weighted by atomic mass is 35.5. The van der Waals surface area contributed by atoms with Crippen molar-refractivity contribution in [3.05, 3.63) is 74.3 Å². The zero-order valence-electron chi connectivity index (χ0n) is 15.8. The van der Waals surface area contributed by atoms with E-state index in [4.69, 9.17) is 16.3 Å². The molecular formula is C21H23ClN2O4. The Balaban J connectivity index is 1.67. The van der Waals surface area contributed by atoms with Crippen LogP contribution >= 0.6 is 11.6 Å². The number of rotatable bonds is 6. The van der Waals surface area contributed by atoms with Crippen LogP contribution in [0.4, 0.5) is 5.69 Å². The normalized spacial score (nSPS) is 17.3. The fourth-order valence-electron chi connectivity index (χ4n) is 3.47. The van der Waals surface area contributed by atoms with Gasteiger partial charge in [0.05, 0.1) is 15.5 Å². The number of piperidine rings is 1. The van der Waals surface area contributed by atoms with E-state index in [0.29, 0.717) is 6.04 Å². The monoisotopic (exact) mass is 402 g/mol. The number of non-ortho nitro benzene ring substituents is 1. The standard InChI is InChI=1S/C21H23ClN2O4/c1-15-6-4-5-11-23(15)13-16-7-2-3-8-17(16)14-28-21(25)19-10-9-18(24(26)27)12-20(19)22/h2-3,7-10,12,15H,4-6,11,13-14H2,1H3/t15-/m0/s1. The number of likely N-dealkylation sites (tertiary alicyclic amines) is 1. The van der Waals surface area contributed by atoms with Gasteiger partial charge in [-0.05, 0) is 43.5 Å². The molecule has 148 valence electrons. The number of halogens is 1. The maximum atomic E-state index is 12.4. The molecule has 0 amide bonds. The number of nitro benzene ring substituents is 1. The number of carbonyl (C=O) groups is 1. The van der Waals surface area contributed by atoms with E-state index < -0.39 is 10.9 Å². The minimum Gasteiger partial charge on any atom is -0.457 e. The van der Waals surface area contributed by atoms with Crippen LogP contribution in [-0.2, 0) is 17.9 Å². The molecule has 1 saturated heterocycles. The van der Waals surface area contributed by atoms with Gasteiger partial charge in [-0.2, -0.15) is 0 Å². The van der Waals surface area contributed by atoms with Gasteiger partial charge in [0, 0.05) is 24.7 Å². The smallest absolute Gasteiger partial charge is 0.339 e. The average molecular weight is 403 g/mol. The summed E-state index contributed by atoms with van der Waals surface area (Å²) in [6, 6.07) is 12.2. The number of carbonyl (C=O) groups excluding carboxylic acids is 1. The summed E-state index contributed by atoms with van der Waals surface area (Å²) in [5, 5.41) is 10.8. The van der Waals surface area contributed by atoms with E-state index in [1.54, 1.807) is 0 Å². The molecule has 7 heteroatoms. The van der Waals surface area contributed by atoms with E-state index in [9.17, 15) is 14.9 Å². The Morgan fingerprint density at radius 1 is 1.25 bits per heavy atom. The maximum Gasteiger partial charge on any atom is 0.339 e. The van der Waals surface area contributed by atoms with Gasteiger partial charge in [-0.25, -0.2) is 4.79 Å². The van der Waals surface area contributed by atoms with Crippen LogP contribution in [0.3, 0.4) is 0 Å². The fraction of sp³-hybridized carbons (Fsp3) is 0.381. The van der Waals surface area contributed by atoms with Crippen molar-refractivity contribution < 1.29 is 14.5 Å². The topological polar surface area (TPSA) is 72.7 Å². The largest absolute Gasteiger partial charge is 0.457 e. The quantitative estimate of drug-likeness (QED) is 0.387. The van der Waals surface area contributed by atoms with Gasteiger partial charge in [0.2, 0.25) is 0 Å². The van der Waals surface area contributed by atoms with E-state index >= 15 is 0 Å². The zero-order valence-corrected chi connectivity index (χ0v) is 16.5. The molecule has 1 heterocycles. The predicted octanol–water partition coefficient (Wildman–Crippen LogP) is 4.98. The zero-order chi connectivity index (χ0) is 20.1.